The summed E-state index contributed by atoms with van der Waals surface area (Å²) in [6, 6.07) is 9.88. The van der Waals surface area contributed by atoms with Gasteiger partial charge in [0, 0.05) is 39.2 Å². The first kappa shape index (κ1) is 22.1. The summed E-state index contributed by atoms with van der Waals surface area (Å²) in [5.74, 6) is 0.539. The monoisotopic (exact) mass is 494 g/mol. The maximum Gasteiger partial charge on any atom is 0.229 e. The zero-order chi connectivity index (χ0) is 24.9. The molecule has 0 saturated heterocycles. The molecule has 1 amide bonds. The molecule has 6 aromatic rings. The predicted octanol–water partition coefficient (Wildman–Crippen LogP) is 5.67. The highest BCUT2D eigenvalue weighted by atomic mass is 32.1. The predicted molar refractivity (Wildman–Crippen MR) is 141 cm³/mol. The number of pyridine rings is 3. The van der Waals surface area contributed by atoms with Gasteiger partial charge >= 0.3 is 0 Å². The van der Waals surface area contributed by atoms with Crippen molar-refractivity contribution in [3.8, 4) is 33.2 Å². The Balaban J connectivity index is 1.40. The summed E-state index contributed by atoms with van der Waals surface area (Å²) in [4.78, 5) is 35.1. The first-order valence-electron chi connectivity index (χ1n) is 11.4. The minimum absolute atomic E-state index is 0.0811. The van der Waals surface area contributed by atoms with Gasteiger partial charge in [0.15, 0.2) is 11.5 Å². The van der Waals surface area contributed by atoms with Crippen LogP contribution in [-0.2, 0) is 4.79 Å². The molecular weight excluding hydrogens is 472 g/mol. The van der Waals surface area contributed by atoms with E-state index in [0.29, 0.717) is 28.5 Å². The molecule has 9 nitrogen and oxygen atoms in total. The van der Waals surface area contributed by atoms with Gasteiger partial charge < -0.3 is 10.3 Å². The van der Waals surface area contributed by atoms with Gasteiger partial charge in [-0.3, -0.25) is 19.9 Å². The number of nitrogens with one attached hydrogen (secondary N) is 3. The molecule has 3 N–H and O–H groups in total. The van der Waals surface area contributed by atoms with Crippen LogP contribution in [0.4, 0.5) is 5.69 Å². The van der Waals surface area contributed by atoms with E-state index in [1.54, 1.807) is 36.1 Å². The number of nitrogens with zero attached hydrogens (tertiary/aromatic N) is 5. The molecule has 0 aliphatic heterocycles. The van der Waals surface area contributed by atoms with Crippen LogP contribution < -0.4 is 5.32 Å². The summed E-state index contributed by atoms with van der Waals surface area (Å²) in [5, 5.41) is 13.4. The molecule has 10 heteroatoms. The van der Waals surface area contributed by atoms with Crippen molar-refractivity contribution >= 4 is 45.0 Å². The number of hydrogen-bond acceptors (Lipinski definition) is 7. The molecule has 0 radical (unpaired) electrons. The fraction of sp³-hybridized carbons (Fsp3) is 0.154. The smallest absolute Gasteiger partial charge is 0.229 e. The van der Waals surface area contributed by atoms with Crippen molar-refractivity contribution < 1.29 is 4.79 Å². The topological polar surface area (TPSA) is 125 Å². The van der Waals surface area contributed by atoms with Crippen LogP contribution in [0.1, 0.15) is 20.8 Å². The number of anilines is 1. The highest BCUT2D eigenvalue weighted by Crippen LogP contribution is 2.33. The molecule has 6 heterocycles. The van der Waals surface area contributed by atoms with E-state index in [9.17, 15) is 4.79 Å². The Morgan fingerprint density at radius 2 is 1.97 bits per heavy atom. The lowest BCUT2D eigenvalue weighted by Crippen LogP contribution is -2.27. The van der Waals surface area contributed by atoms with Crippen LogP contribution in [0.3, 0.4) is 0 Å². The second-order valence-electron chi connectivity index (χ2n) is 9.47. The molecule has 36 heavy (non-hydrogen) atoms. The van der Waals surface area contributed by atoms with Crippen LogP contribution in [0.15, 0.2) is 60.5 Å². The van der Waals surface area contributed by atoms with Crippen LogP contribution >= 0.6 is 11.3 Å². The maximum atomic E-state index is 12.4. The van der Waals surface area contributed by atoms with E-state index in [-0.39, 0.29) is 5.91 Å². The van der Waals surface area contributed by atoms with Crippen LogP contribution in [0.25, 0.3) is 55.3 Å². The third-order valence-electron chi connectivity index (χ3n) is 5.82. The molecule has 6 aromatic heterocycles. The van der Waals surface area contributed by atoms with E-state index < -0.39 is 5.41 Å². The first-order valence-corrected chi connectivity index (χ1v) is 12.2. The normalized spacial score (nSPS) is 11.9. The first-order chi connectivity index (χ1) is 17.4. The molecule has 0 aromatic carbocycles. The Morgan fingerprint density at radius 3 is 2.78 bits per heavy atom. The summed E-state index contributed by atoms with van der Waals surface area (Å²) in [6.45, 7) is 5.60. The minimum atomic E-state index is -0.510. The number of aromatic nitrogens is 7. The van der Waals surface area contributed by atoms with Gasteiger partial charge in [-0.15, -0.1) is 11.3 Å². The van der Waals surface area contributed by atoms with Gasteiger partial charge in [0.25, 0.3) is 0 Å². The number of carbonyl (C=O) groups excluding carboxylic acids is 1. The van der Waals surface area contributed by atoms with Crippen molar-refractivity contribution in [2.45, 2.75) is 20.8 Å². The Labute approximate surface area is 210 Å². The van der Waals surface area contributed by atoms with Crippen molar-refractivity contribution in [1.82, 2.24) is 35.1 Å². The van der Waals surface area contributed by atoms with Crippen LogP contribution in [0.2, 0.25) is 0 Å². The Morgan fingerprint density at radius 1 is 1.08 bits per heavy atom. The van der Waals surface area contributed by atoms with E-state index in [2.05, 4.69) is 41.5 Å². The highest BCUT2D eigenvalue weighted by molar-refractivity contribution is 7.13. The Kier molecular flexibility index (Phi) is 5.11. The summed E-state index contributed by atoms with van der Waals surface area (Å²) >= 11 is 1.66. The molecule has 6 rings (SSSR count). The summed E-state index contributed by atoms with van der Waals surface area (Å²) in [5.41, 5.74) is 5.58. The SMILES string of the molecule is CC(C)(C)C(=O)Nc1cncc(-c2cc3c(-c4nc5c(-c6cccs6)ccnc5[nH]4)n[nH]c3cn2)c1. The average Bonchev–Trinajstić information content (AvgIpc) is 3.62. The number of fused-ring (bicyclic) bond motifs is 2. The number of H-pyrrole nitrogens is 2. The number of aromatic amines is 2. The summed E-state index contributed by atoms with van der Waals surface area (Å²) in [7, 11) is 0. The molecule has 0 unspecified atom stereocenters. The van der Waals surface area contributed by atoms with Gasteiger partial charge in [-0.25, -0.2) is 9.97 Å². The molecule has 0 bridgehead atoms. The standard InChI is InChI=1S/C26H22N8OS/c1-26(2,3)25(35)30-15-9-14(11-27-12-15)18-10-17-19(13-29-18)33-34-22(17)24-31-21-16(20-5-4-8-36-20)6-7-28-23(21)32-24/h4-13H,1-3H3,(H,30,35)(H,33,34)(H,28,31,32). The van der Waals surface area contributed by atoms with E-state index in [0.717, 1.165) is 32.4 Å². The quantitative estimate of drug-likeness (QED) is 0.290. The van der Waals surface area contributed by atoms with E-state index in [1.807, 2.05) is 50.4 Å². The van der Waals surface area contributed by atoms with Crippen molar-refractivity contribution in [2.24, 2.45) is 5.41 Å². The molecule has 0 aliphatic carbocycles. The van der Waals surface area contributed by atoms with Crippen LogP contribution in [0.5, 0.6) is 0 Å². The number of carbonyl (C=O) groups is 1. The van der Waals surface area contributed by atoms with Gasteiger partial charge in [-0.1, -0.05) is 26.8 Å². The van der Waals surface area contributed by atoms with Gasteiger partial charge in [0.1, 0.15) is 11.2 Å². The van der Waals surface area contributed by atoms with Crippen molar-refractivity contribution in [3.05, 3.63) is 60.5 Å². The zero-order valence-corrected chi connectivity index (χ0v) is 20.6. The molecule has 178 valence electrons. The van der Waals surface area contributed by atoms with E-state index in [4.69, 9.17) is 4.98 Å². The average molecular weight is 495 g/mol. The number of amides is 1. The minimum Gasteiger partial charge on any atom is -0.324 e. The Bertz CT molecular complexity index is 1730. The summed E-state index contributed by atoms with van der Waals surface area (Å²) < 4.78 is 0. The molecular formula is C26H22N8OS. The fourth-order valence-electron chi connectivity index (χ4n) is 3.88. The third-order valence-corrected chi connectivity index (χ3v) is 6.72. The Hall–Kier alpha value is -4.44. The maximum absolute atomic E-state index is 12.4. The number of hydrogen-bond donors (Lipinski definition) is 3. The van der Waals surface area contributed by atoms with Crippen molar-refractivity contribution in [3.63, 3.8) is 0 Å². The van der Waals surface area contributed by atoms with Crippen molar-refractivity contribution in [1.29, 1.82) is 0 Å². The van der Waals surface area contributed by atoms with E-state index in [1.165, 1.54) is 0 Å². The van der Waals surface area contributed by atoms with Gasteiger partial charge in [0.05, 0.1) is 29.3 Å². The fourth-order valence-corrected chi connectivity index (χ4v) is 4.63. The lowest BCUT2D eigenvalue weighted by molar-refractivity contribution is -0.123. The number of imidazole rings is 1. The second-order valence-corrected chi connectivity index (χ2v) is 10.4. The van der Waals surface area contributed by atoms with Gasteiger partial charge in [0.2, 0.25) is 5.91 Å². The van der Waals surface area contributed by atoms with Gasteiger partial charge in [-0.05, 0) is 29.6 Å². The van der Waals surface area contributed by atoms with Crippen molar-refractivity contribution in [2.75, 3.05) is 5.32 Å². The molecule has 0 aliphatic rings. The highest BCUT2D eigenvalue weighted by Gasteiger charge is 2.22. The molecule has 0 saturated carbocycles. The number of thiophene rings is 1. The molecule has 0 atom stereocenters. The second kappa shape index (κ2) is 8.35. The largest absolute Gasteiger partial charge is 0.324 e. The number of rotatable bonds is 4. The third kappa shape index (κ3) is 3.91. The van der Waals surface area contributed by atoms with Crippen LogP contribution in [0, 0.1) is 5.41 Å². The lowest BCUT2D eigenvalue weighted by Gasteiger charge is -2.17. The molecule has 0 spiro atoms. The van der Waals surface area contributed by atoms with E-state index >= 15 is 0 Å². The molecule has 0 fully saturated rings. The lowest BCUT2D eigenvalue weighted by atomic mass is 9.95. The van der Waals surface area contributed by atoms with Crippen LogP contribution in [-0.4, -0.2) is 41.0 Å². The summed E-state index contributed by atoms with van der Waals surface area (Å²) in [6.07, 6.45) is 6.86. The zero-order valence-electron chi connectivity index (χ0n) is 19.8. The van der Waals surface area contributed by atoms with Gasteiger partial charge in [-0.2, -0.15) is 5.10 Å².